The van der Waals surface area contributed by atoms with Gasteiger partial charge in [-0.25, -0.2) is 4.79 Å². The van der Waals surface area contributed by atoms with Crippen molar-refractivity contribution in [1.82, 2.24) is 0 Å². The number of nitrogen functional groups attached to an aromatic ring is 1. The van der Waals surface area contributed by atoms with Crippen LogP contribution in [0.1, 0.15) is 10.4 Å². The van der Waals surface area contributed by atoms with E-state index in [0.29, 0.717) is 15.2 Å². The van der Waals surface area contributed by atoms with Crippen LogP contribution in [0.25, 0.3) is 0 Å². The quantitative estimate of drug-likeness (QED) is 0.752. The number of aromatic carboxylic acids is 1. The van der Waals surface area contributed by atoms with Crippen molar-refractivity contribution in [2.75, 3.05) is 5.73 Å². The molecule has 0 spiro atoms. The minimum atomic E-state index is -1.06. The van der Waals surface area contributed by atoms with E-state index in [1.165, 1.54) is 12.1 Å². The Balaban J connectivity index is 3.37. The van der Waals surface area contributed by atoms with E-state index in [1.54, 1.807) is 0 Å². The minimum absolute atomic E-state index is 0.0694. The van der Waals surface area contributed by atoms with Gasteiger partial charge in [0.15, 0.2) is 0 Å². The van der Waals surface area contributed by atoms with E-state index in [4.69, 9.17) is 22.4 Å². The van der Waals surface area contributed by atoms with Crippen molar-refractivity contribution in [3.8, 4) is 0 Å². The maximum absolute atomic E-state index is 10.6. The highest BCUT2D eigenvalue weighted by Gasteiger charge is 2.11. The summed E-state index contributed by atoms with van der Waals surface area (Å²) >= 11 is 8.72. The van der Waals surface area contributed by atoms with E-state index in [9.17, 15) is 4.79 Å². The fourth-order valence-corrected chi connectivity index (χ4v) is 1.39. The Morgan fingerprint density at radius 1 is 1.58 bits per heavy atom. The molecule has 0 aromatic heterocycles. The highest BCUT2D eigenvalue weighted by Crippen LogP contribution is 2.28. The largest absolute Gasteiger partial charge is 0.478 e. The van der Waals surface area contributed by atoms with Crippen molar-refractivity contribution in [3.05, 3.63) is 27.2 Å². The van der Waals surface area contributed by atoms with Gasteiger partial charge in [-0.05, 0) is 28.1 Å². The van der Waals surface area contributed by atoms with Crippen LogP contribution in [0.5, 0.6) is 0 Å². The number of nitrogens with two attached hydrogens (primary N) is 1. The van der Waals surface area contributed by atoms with Gasteiger partial charge in [-0.1, -0.05) is 11.6 Å². The third-order valence-corrected chi connectivity index (χ3v) is 2.66. The lowest BCUT2D eigenvalue weighted by Gasteiger charge is -2.02. The predicted octanol–water partition coefficient (Wildman–Crippen LogP) is 2.38. The van der Waals surface area contributed by atoms with Gasteiger partial charge in [-0.15, -0.1) is 0 Å². The standard InChI is InChI=1S/C7H5BrClNO2/c8-6-4(7(11)12)1-3(10)2-5(6)9/h1-2H,10H2,(H,11,12). The molecule has 0 aliphatic rings. The molecule has 12 heavy (non-hydrogen) atoms. The van der Waals surface area contributed by atoms with Crippen LogP contribution >= 0.6 is 27.5 Å². The summed E-state index contributed by atoms with van der Waals surface area (Å²) < 4.78 is 0.353. The Kier molecular flexibility index (Phi) is 2.59. The summed E-state index contributed by atoms with van der Waals surface area (Å²) in [4.78, 5) is 10.6. The molecule has 1 rings (SSSR count). The summed E-state index contributed by atoms with van der Waals surface area (Å²) in [6.07, 6.45) is 0. The minimum Gasteiger partial charge on any atom is -0.478 e. The van der Waals surface area contributed by atoms with E-state index >= 15 is 0 Å². The molecule has 0 aliphatic heterocycles. The Labute approximate surface area is 82.3 Å². The van der Waals surface area contributed by atoms with Gasteiger partial charge in [0.1, 0.15) is 0 Å². The molecule has 0 saturated heterocycles. The number of benzene rings is 1. The number of rotatable bonds is 1. The average molecular weight is 250 g/mol. The molecule has 0 heterocycles. The van der Waals surface area contributed by atoms with Gasteiger partial charge in [0.05, 0.1) is 15.1 Å². The van der Waals surface area contributed by atoms with Crippen LogP contribution in [0.4, 0.5) is 5.69 Å². The second-order valence-electron chi connectivity index (χ2n) is 2.17. The molecule has 64 valence electrons. The molecule has 0 radical (unpaired) electrons. The van der Waals surface area contributed by atoms with E-state index < -0.39 is 5.97 Å². The molecule has 0 bridgehead atoms. The third-order valence-electron chi connectivity index (χ3n) is 1.28. The Morgan fingerprint density at radius 3 is 2.67 bits per heavy atom. The Morgan fingerprint density at radius 2 is 2.17 bits per heavy atom. The van der Waals surface area contributed by atoms with Crippen LogP contribution in [-0.2, 0) is 0 Å². The van der Waals surface area contributed by atoms with Crippen LogP contribution in [0.2, 0.25) is 5.02 Å². The van der Waals surface area contributed by atoms with Gasteiger partial charge in [-0.3, -0.25) is 0 Å². The summed E-state index contributed by atoms with van der Waals surface area (Å²) in [6, 6.07) is 2.83. The van der Waals surface area contributed by atoms with Gasteiger partial charge in [0.2, 0.25) is 0 Å². The lowest BCUT2D eigenvalue weighted by Crippen LogP contribution is -1.99. The molecule has 1 aromatic carbocycles. The van der Waals surface area contributed by atoms with Gasteiger partial charge < -0.3 is 10.8 Å². The van der Waals surface area contributed by atoms with E-state index in [1.807, 2.05) is 0 Å². The highest BCUT2D eigenvalue weighted by atomic mass is 79.9. The molecule has 5 heteroatoms. The molecule has 3 N–H and O–H groups in total. The summed E-state index contributed by atoms with van der Waals surface area (Å²) in [6.45, 7) is 0. The topological polar surface area (TPSA) is 63.3 Å². The van der Waals surface area contributed by atoms with Crippen molar-refractivity contribution in [3.63, 3.8) is 0 Å². The third kappa shape index (κ3) is 1.70. The van der Waals surface area contributed by atoms with Gasteiger partial charge in [0.25, 0.3) is 0 Å². The van der Waals surface area contributed by atoms with Crippen LogP contribution in [-0.4, -0.2) is 11.1 Å². The molecular weight excluding hydrogens is 245 g/mol. The second-order valence-corrected chi connectivity index (χ2v) is 3.37. The molecule has 1 aromatic rings. The Bertz CT molecular complexity index is 340. The van der Waals surface area contributed by atoms with E-state index in [2.05, 4.69) is 15.9 Å². The fourth-order valence-electron chi connectivity index (χ4n) is 0.766. The molecule has 0 fully saturated rings. The first-order chi connectivity index (χ1) is 5.52. The lowest BCUT2D eigenvalue weighted by molar-refractivity contribution is 0.0696. The zero-order valence-corrected chi connectivity index (χ0v) is 8.19. The number of carboxylic acids is 1. The molecule has 0 saturated carbocycles. The average Bonchev–Trinajstić information content (AvgIpc) is 1.96. The van der Waals surface area contributed by atoms with Crippen molar-refractivity contribution in [1.29, 1.82) is 0 Å². The first-order valence-electron chi connectivity index (χ1n) is 3.00. The molecule has 0 aliphatic carbocycles. The first-order valence-corrected chi connectivity index (χ1v) is 4.17. The van der Waals surface area contributed by atoms with Crippen LogP contribution in [0.15, 0.2) is 16.6 Å². The summed E-state index contributed by atoms with van der Waals surface area (Å²) in [5.41, 5.74) is 5.80. The van der Waals surface area contributed by atoms with Crippen molar-refractivity contribution < 1.29 is 9.90 Å². The van der Waals surface area contributed by atoms with Crippen LogP contribution < -0.4 is 5.73 Å². The maximum atomic E-state index is 10.6. The molecule has 0 atom stereocenters. The zero-order valence-electron chi connectivity index (χ0n) is 5.84. The van der Waals surface area contributed by atoms with E-state index in [-0.39, 0.29) is 5.56 Å². The van der Waals surface area contributed by atoms with Crippen molar-refractivity contribution >= 4 is 39.2 Å². The predicted molar refractivity (Wildman–Crippen MR) is 50.5 cm³/mol. The van der Waals surface area contributed by atoms with Crippen LogP contribution in [0.3, 0.4) is 0 Å². The number of carbonyl (C=O) groups is 1. The van der Waals surface area contributed by atoms with Crippen molar-refractivity contribution in [2.24, 2.45) is 0 Å². The molecule has 0 unspecified atom stereocenters. The molecule has 3 nitrogen and oxygen atoms in total. The van der Waals surface area contributed by atoms with Gasteiger partial charge in [-0.2, -0.15) is 0 Å². The smallest absolute Gasteiger partial charge is 0.336 e. The number of carboxylic acid groups (broad SMARTS) is 1. The summed E-state index contributed by atoms with van der Waals surface area (Å²) in [5, 5.41) is 8.97. The van der Waals surface area contributed by atoms with E-state index in [0.717, 1.165) is 0 Å². The fraction of sp³-hybridized carbons (Fsp3) is 0. The number of anilines is 1. The molecule has 0 amide bonds. The number of halogens is 2. The maximum Gasteiger partial charge on any atom is 0.336 e. The second kappa shape index (κ2) is 3.33. The van der Waals surface area contributed by atoms with Gasteiger partial charge in [0, 0.05) is 5.69 Å². The zero-order chi connectivity index (χ0) is 9.30. The first kappa shape index (κ1) is 9.35. The lowest BCUT2D eigenvalue weighted by atomic mass is 10.2. The Hall–Kier alpha value is -0.740. The van der Waals surface area contributed by atoms with Crippen molar-refractivity contribution in [2.45, 2.75) is 0 Å². The highest BCUT2D eigenvalue weighted by molar-refractivity contribution is 9.10. The SMILES string of the molecule is Nc1cc(Cl)c(Br)c(C(=O)O)c1. The number of hydrogen-bond donors (Lipinski definition) is 2. The van der Waals surface area contributed by atoms with Crippen LogP contribution in [0, 0.1) is 0 Å². The molecular formula is C7H5BrClNO2. The summed E-state index contributed by atoms with van der Waals surface area (Å²) in [7, 11) is 0. The van der Waals surface area contributed by atoms with Gasteiger partial charge >= 0.3 is 5.97 Å². The number of hydrogen-bond acceptors (Lipinski definition) is 2. The monoisotopic (exact) mass is 249 g/mol. The summed E-state index contributed by atoms with van der Waals surface area (Å²) in [5.74, 6) is -1.06. The normalized spacial score (nSPS) is 9.83.